The van der Waals surface area contributed by atoms with E-state index in [9.17, 15) is 9.59 Å². The summed E-state index contributed by atoms with van der Waals surface area (Å²) in [5, 5.41) is 9.56. The first-order valence-corrected chi connectivity index (χ1v) is 6.99. The number of anilines is 1. The quantitative estimate of drug-likeness (QED) is 0.620. The van der Waals surface area contributed by atoms with Gasteiger partial charge in [0.1, 0.15) is 11.6 Å². The van der Waals surface area contributed by atoms with Crippen molar-refractivity contribution < 1.29 is 19.2 Å². The Kier molecular flexibility index (Phi) is 3.62. The van der Waals surface area contributed by atoms with E-state index >= 15 is 0 Å². The summed E-state index contributed by atoms with van der Waals surface area (Å²) >= 11 is 0. The van der Waals surface area contributed by atoms with Crippen LogP contribution in [-0.2, 0) is 19.2 Å². The van der Waals surface area contributed by atoms with Crippen molar-refractivity contribution in [2.75, 3.05) is 18.2 Å². The Morgan fingerprint density at radius 3 is 2.82 bits per heavy atom. The van der Waals surface area contributed by atoms with E-state index in [1.165, 1.54) is 0 Å². The zero-order valence-electron chi connectivity index (χ0n) is 12.3. The summed E-state index contributed by atoms with van der Waals surface area (Å²) in [7, 11) is 0. The number of carbonyl (C=O) groups excluding carboxylic acids is 2. The summed E-state index contributed by atoms with van der Waals surface area (Å²) in [6.45, 7) is 4.18. The van der Waals surface area contributed by atoms with Crippen molar-refractivity contribution >= 4 is 29.0 Å². The number of esters is 1. The number of carbonyl (C=O) groups is 2. The van der Waals surface area contributed by atoms with E-state index in [1.54, 1.807) is 11.9 Å². The van der Waals surface area contributed by atoms with Crippen molar-refractivity contribution in [1.29, 1.82) is 0 Å². The number of hydrazone groups is 1. The van der Waals surface area contributed by atoms with E-state index in [0.29, 0.717) is 0 Å². The average Bonchev–Trinajstić information content (AvgIpc) is 2.89. The van der Waals surface area contributed by atoms with Crippen molar-refractivity contribution in [3.63, 3.8) is 0 Å². The monoisotopic (exact) mass is 301 g/mol. The maximum absolute atomic E-state index is 12.1. The molecule has 0 N–H and O–H groups in total. The van der Waals surface area contributed by atoms with Gasteiger partial charge < -0.3 is 9.57 Å². The van der Waals surface area contributed by atoms with Crippen LogP contribution in [0.1, 0.15) is 12.5 Å². The molecule has 0 saturated carbocycles. The Morgan fingerprint density at radius 2 is 2.14 bits per heavy atom. The van der Waals surface area contributed by atoms with Crippen LogP contribution in [0.5, 0.6) is 0 Å². The average molecular weight is 301 g/mol. The van der Waals surface area contributed by atoms with Crippen LogP contribution in [0.4, 0.5) is 5.69 Å². The second-order valence-corrected chi connectivity index (χ2v) is 5.03. The van der Waals surface area contributed by atoms with Gasteiger partial charge in [-0.25, -0.2) is 9.59 Å². The Balaban J connectivity index is 1.98. The minimum absolute atomic E-state index is 0.0181. The predicted octanol–water partition coefficient (Wildman–Crippen LogP) is 1.26. The summed E-state index contributed by atoms with van der Waals surface area (Å²) < 4.78 is 4.98. The first kappa shape index (κ1) is 14.2. The maximum atomic E-state index is 12.1. The first-order chi connectivity index (χ1) is 10.6. The van der Waals surface area contributed by atoms with Gasteiger partial charge in [-0.1, -0.05) is 22.9 Å². The van der Waals surface area contributed by atoms with Crippen molar-refractivity contribution in [2.45, 2.75) is 13.8 Å². The molecule has 0 aromatic heterocycles. The Bertz CT molecular complexity index is 679. The lowest BCUT2D eigenvalue weighted by Gasteiger charge is -2.27. The Hall–Kier alpha value is -2.70. The van der Waals surface area contributed by atoms with E-state index in [4.69, 9.17) is 9.57 Å². The van der Waals surface area contributed by atoms with Crippen LogP contribution >= 0.6 is 0 Å². The molecule has 0 bridgehead atoms. The van der Waals surface area contributed by atoms with Gasteiger partial charge in [-0.15, -0.1) is 0 Å². The van der Waals surface area contributed by atoms with Gasteiger partial charge in [0.25, 0.3) is 0 Å². The van der Waals surface area contributed by atoms with Crippen LogP contribution in [0.2, 0.25) is 0 Å². The second-order valence-electron chi connectivity index (χ2n) is 5.03. The van der Waals surface area contributed by atoms with E-state index in [-0.39, 0.29) is 24.6 Å². The third-order valence-corrected chi connectivity index (χ3v) is 3.47. The van der Waals surface area contributed by atoms with Crippen LogP contribution in [0.3, 0.4) is 0 Å². The SMILES string of the molecule is CCOC(=O)C1=NN(c2ccc(C)cc2)CC2C(=O)ON=C12. The molecule has 1 aromatic rings. The third-order valence-electron chi connectivity index (χ3n) is 3.47. The van der Waals surface area contributed by atoms with Crippen LogP contribution in [0, 0.1) is 12.8 Å². The standard InChI is InChI=1S/C15H15N3O4/c1-3-21-15(20)13-12-11(14(19)22-17-12)8-18(16-13)10-6-4-9(2)5-7-10/h4-7,11H,3,8H2,1-2H3. The molecule has 7 heteroatoms. The molecular weight excluding hydrogens is 286 g/mol. The molecule has 0 spiro atoms. The molecule has 2 heterocycles. The van der Waals surface area contributed by atoms with E-state index < -0.39 is 17.9 Å². The molecule has 1 unspecified atom stereocenters. The summed E-state index contributed by atoms with van der Waals surface area (Å²) in [5.41, 5.74) is 2.15. The largest absolute Gasteiger partial charge is 0.461 e. The van der Waals surface area contributed by atoms with Crippen LogP contribution in [-0.4, -0.2) is 36.5 Å². The van der Waals surface area contributed by atoms with Crippen LogP contribution in [0.15, 0.2) is 34.5 Å². The number of oxime groups is 1. The summed E-state index contributed by atoms with van der Waals surface area (Å²) in [6.07, 6.45) is 0. The molecule has 0 amide bonds. The fraction of sp³-hybridized carbons (Fsp3) is 0.333. The van der Waals surface area contributed by atoms with Gasteiger partial charge in [0, 0.05) is 0 Å². The minimum atomic E-state index is -0.627. The lowest BCUT2D eigenvalue weighted by Crippen LogP contribution is -2.44. The predicted molar refractivity (Wildman–Crippen MR) is 79.6 cm³/mol. The fourth-order valence-corrected chi connectivity index (χ4v) is 2.31. The molecule has 1 atom stereocenters. The number of benzene rings is 1. The highest BCUT2D eigenvalue weighted by Crippen LogP contribution is 2.25. The lowest BCUT2D eigenvalue weighted by atomic mass is 9.98. The Labute approximate surface area is 127 Å². The summed E-state index contributed by atoms with van der Waals surface area (Å²) in [6, 6.07) is 7.63. The molecule has 2 aliphatic rings. The Morgan fingerprint density at radius 1 is 1.41 bits per heavy atom. The van der Waals surface area contributed by atoms with E-state index in [1.807, 2.05) is 31.2 Å². The molecular formula is C15H15N3O4. The smallest absolute Gasteiger partial charge is 0.360 e. The number of fused-ring (bicyclic) bond motifs is 1. The maximum Gasteiger partial charge on any atom is 0.360 e. The highest BCUT2D eigenvalue weighted by molar-refractivity contribution is 6.68. The molecule has 1 aromatic carbocycles. The molecule has 2 aliphatic heterocycles. The molecule has 0 saturated heterocycles. The fourth-order valence-electron chi connectivity index (χ4n) is 2.31. The zero-order valence-corrected chi connectivity index (χ0v) is 12.3. The van der Waals surface area contributed by atoms with Gasteiger partial charge in [-0.05, 0) is 26.0 Å². The summed E-state index contributed by atoms with van der Waals surface area (Å²) in [5.74, 6) is -1.72. The zero-order chi connectivity index (χ0) is 15.7. The van der Waals surface area contributed by atoms with Gasteiger partial charge in [-0.3, -0.25) is 5.01 Å². The van der Waals surface area contributed by atoms with Crippen molar-refractivity contribution in [3.8, 4) is 0 Å². The van der Waals surface area contributed by atoms with Crippen LogP contribution in [0.25, 0.3) is 0 Å². The number of rotatable bonds is 3. The molecule has 22 heavy (non-hydrogen) atoms. The van der Waals surface area contributed by atoms with E-state index in [0.717, 1.165) is 11.3 Å². The summed E-state index contributed by atoms with van der Waals surface area (Å²) in [4.78, 5) is 28.5. The van der Waals surface area contributed by atoms with E-state index in [2.05, 4.69) is 10.3 Å². The normalized spacial score (nSPS) is 20.0. The minimum Gasteiger partial charge on any atom is -0.461 e. The number of nitrogens with zero attached hydrogens (tertiary/aromatic N) is 3. The van der Waals surface area contributed by atoms with Crippen molar-refractivity contribution in [1.82, 2.24) is 0 Å². The molecule has 0 radical (unpaired) electrons. The van der Waals surface area contributed by atoms with Crippen LogP contribution < -0.4 is 5.01 Å². The van der Waals surface area contributed by atoms with Gasteiger partial charge in [-0.2, -0.15) is 5.10 Å². The van der Waals surface area contributed by atoms with Crippen molar-refractivity contribution in [3.05, 3.63) is 29.8 Å². The molecule has 0 fully saturated rings. The van der Waals surface area contributed by atoms with Gasteiger partial charge in [0.2, 0.25) is 0 Å². The highest BCUT2D eigenvalue weighted by Gasteiger charge is 2.43. The second kappa shape index (κ2) is 5.59. The molecule has 3 rings (SSSR count). The van der Waals surface area contributed by atoms with Gasteiger partial charge in [0.05, 0.1) is 18.8 Å². The number of hydrogen-bond acceptors (Lipinski definition) is 7. The lowest BCUT2D eigenvalue weighted by molar-refractivity contribution is -0.143. The molecule has 114 valence electrons. The topological polar surface area (TPSA) is 80.6 Å². The first-order valence-electron chi connectivity index (χ1n) is 6.99. The van der Waals surface area contributed by atoms with Gasteiger partial charge in [0.15, 0.2) is 5.71 Å². The molecule has 0 aliphatic carbocycles. The highest BCUT2D eigenvalue weighted by atomic mass is 16.7. The number of hydrogen-bond donors (Lipinski definition) is 0. The number of ether oxygens (including phenoxy) is 1. The molecule has 7 nitrogen and oxygen atoms in total. The van der Waals surface area contributed by atoms with Gasteiger partial charge >= 0.3 is 11.9 Å². The van der Waals surface area contributed by atoms with Crippen molar-refractivity contribution in [2.24, 2.45) is 16.2 Å². The third kappa shape index (κ3) is 2.45. The number of aryl methyl sites for hydroxylation is 1.